The first-order valence-electron chi connectivity index (χ1n) is 17.0. The highest BCUT2D eigenvalue weighted by Gasteiger charge is 2.25. The summed E-state index contributed by atoms with van der Waals surface area (Å²) in [6.07, 6.45) is 0.360. The lowest BCUT2D eigenvalue weighted by Gasteiger charge is -2.23. The van der Waals surface area contributed by atoms with Crippen molar-refractivity contribution in [2.75, 3.05) is 11.1 Å². The van der Waals surface area contributed by atoms with Crippen molar-refractivity contribution >= 4 is 38.5 Å². The number of ketones is 1. The molecule has 51 heavy (non-hydrogen) atoms. The molecule has 1 atom stereocenters. The van der Waals surface area contributed by atoms with Crippen molar-refractivity contribution in [2.45, 2.75) is 51.4 Å². The molecule has 7 nitrogen and oxygen atoms in total. The average molecular weight is 700 g/mol. The van der Waals surface area contributed by atoms with E-state index in [0.29, 0.717) is 17.7 Å². The van der Waals surface area contributed by atoms with Gasteiger partial charge in [-0.2, -0.15) is 8.42 Å². The molecule has 0 radical (unpaired) electrons. The van der Waals surface area contributed by atoms with Gasteiger partial charge in [0, 0.05) is 28.6 Å². The van der Waals surface area contributed by atoms with E-state index in [9.17, 15) is 18.0 Å². The SMILES string of the molecule is CC(C)(C)c1ccc(C(Cc2ccc(C(=O)CCCS(=O)(=O)O)cc2-c2ccccc2)C(=O)Nc2ccc(-c3cc4ccccc4o3)cc2)cc1. The standard InChI is InChI=1S/C43H41NO6S/c1-43(2,3)35-21-17-30(18-22-35)38(42(46)44-36-23-19-31(20-24-36)41-28-34-12-7-8-14-40(34)50-41)26-32-15-16-33(39(45)13-9-25-51(47,48)49)27-37(32)29-10-5-4-6-11-29/h4-8,10-12,14-24,27-28,38H,9,13,25-26H2,1-3H3,(H,44,46)(H,47,48,49). The van der Waals surface area contributed by atoms with Gasteiger partial charge in [0.2, 0.25) is 5.91 Å². The summed E-state index contributed by atoms with van der Waals surface area (Å²) in [4.78, 5) is 27.3. The summed E-state index contributed by atoms with van der Waals surface area (Å²) in [6, 6.07) is 40.8. The van der Waals surface area contributed by atoms with Crippen molar-refractivity contribution in [2.24, 2.45) is 0 Å². The van der Waals surface area contributed by atoms with Crippen LogP contribution in [0.4, 0.5) is 5.69 Å². The van der Waals surface area contributed by atoms with Crippen LogP contribution < -0.4 is 5.32 Å². The third-order valence-electron chi connectivity index (χ3n) is 9.10. The Hall–Kier alpha value is -5.31. The lowest BCUT2D eigenvalue weighted by molar-refractivity contribution is -0.117. The molecular formula is C43H41NO6S. The summed E-state index contributed by atoms with van der Waals surface area (Å²) in [5.74, 6) is -0.678. The molecule has 0 saturated heterocycles. The second-order valence-electron chi connectivity index (χ2n) is 13.9. The van der Waals surface area contributed by atoms with E-state index in [1.165, 1.54) is 0 Å². The Bertz CT molecular complexity index is 2230. The lowest BCUT2D eigenvalue weighted by atomic mass is 9.83. The van der Waals surface area contributed by atoms with E-state index in [-0.39, 0.29) is 29.9 Å². The second-order valence-corrected chi connectivity index (χ2v) is 15.5. The van der Waals surface area contributed by atoms with Crippen LogP contribution in [0.5, 0.6) is 0 Å². The summed E-state index contributed by atoms with van der Waals surface area (Å²) in [5.41, 5.74) is 7.38. The maximum absolute atomic E-state index is 14.2. The molecule has 0 spiro atoms. The molecule has 5 aromatic carbocycles. The van der Waals surface area contributed by atoms with Crippen molar-refractivity contribution in [1.82, 2.24) is 0 Å². The molecule has 6 rings (SSSR count). The van der Waals surface area contributed by atoms with E-state index in [4.69, 9.17) is 8.97 Å². The van der Waals surface area contributed by atoms with Crippen LogP contribution in [0.3, 0.4) is 0 Å². The van der Waals surface area contributed by atoms with Gasteiger partial charge in [0.05, 0.1) is 11.7 Å². The zero-order valence-corrected chi connectivity index (χ0v) is 29.7. The highest BCUT2D eigenvalue weighted by Crippen LogP contribution is 2.33. The average Bonchev–Trinajstić information content (AvgIpc) is 3.55. The summed E-state index contributed by atoms with van der Waals surface area (Å²) in [7, 11) is -4.16. The van der Waals surface area contributed by atoms with Gasteiger partial charge in [0.15, 0.2) is 5.78 Å². The molecule has 260 valence electrons. The van der Waals surface area contributed by atoms with Gasteiger partial charge < -0.3 is 9.73 Å². The number of hydrogen-bond donors (Lipinski definition) is 2. The lowest BCUT2D eigenvalue weighted by Crippen LogP contribution is -2.23. The third-order valence-corrected chi connectivity index (χ3v) is 9.91. The molecule has 6 aromatic rings. The Kier molecular flexibility index (Phi) is 10.4. The van der Waals surface area contributed by atoms with Crippen molar-refractivity contribution < 1.29 is 27.0 Å². The Morgan fingerprint density at radius 3 is 2.14 bits per heavy atom. The van der Waals surface area contributed by atoms with Gasteiger partial charge >= 0.3 is 0 Å². The van der Waals surface area contributed by atoms with Crippen LogP contribution in [-0.2, 0) is 26.7 Å². The van der Waals surface area contributed by atoms with Crippen LogP contribution >= 0.6 is 0 Å². The molecule has 0 aliphatic carbocycles. The van der Waals surface area contributed by atoms with E-state index in [1.54, 1.807) is 6.07 Å². The molecule has 1 aromatic heterocycles. The fourth-order valence-electron chi connectivity index (χ4n) is 6.24. The van der Waals surface area contributed by atoms with Gasteiger partial charge in [-0.3, -0.25) is 14.1 Å². The quantitative estimate of drug-likeness (QED) is 0.0971. The fraction of sp³-hybridized carbons (Fsp3) is 0.209. The Labute approximate surface area is 299 Å². The number of carbonyl (C=O) groups excluding carboxylic acids is 2. The summed E-state index contributed by atoms with van der Waals surface area (Å²) >= 11 is 0. The number of fused-ring (bicyclic) bond motifs is 1. The van der Waals surface area contributed by atoms with Gasteiger partial charge in [-0.25, -0.2) is 0 Å². The van der Waals surface area contributed by atoms with Gasteiger partial charge in [-0.15, -0.1) is 0 Å². The predicted octanol–water partition coefficient (Wildman–Crippen LogP) is 9.88. The molecule has 1 heterocycles. The number of para-hydroxylation sites is 1. The maximum atomic E-state index is 14.2. The number of hydrogen-bond acceptors (Lipinski definition) is 5. The zero-order chi connectivity index (χ0) is 36.2. The van der Waals surface area contributed by atoms with Crippen molar-refractivity contribution in [3.63, 3.8) is 0 Å². The third kappa shape index (κ3) is 8.89. The van der Waals surface area contributed by atoms with Crippen LogP contribution in [0.15, 0.2) is 132 Å². The Morgan fingerprint density at radius 2 is 1.47 bits per heavy atom. The molecule has 1 unspecified atom stereocenters. The van der Waals surface area contributed by atoms with Crippen molar-refractivity contribution in [3.8, 4) is 22.5 Å². The van der Waals surface area contributed by atoms with Crippen LogP contribution in [0.2, 0.25) is 0 Å². The number of benzene rings is 5. The summed E-state index contributed by atoms with van der Waals surface area (Å²) < 4.78 is 37.5. The number of furan rings is 1. The van der Waals surface area contributed by atoms with Gasteiger partial charge in [0.25, 0.3) is 10.1 Å². The van der Waals surface area contributed by atoms with Gasteiger partial charge in [-0.1, -0.05) is 106 Å². The highest BCUT2D eigenvalue weighted by molar-refractivity contribution is 7.85. The number of anilines is 1. The van der Waals surface area contributed by atoms with E-state index in [0.717, 1.165) is 50.1 Å². The minimum Gasteiger partial charge on any atom is -0.456 e. The molecule has 0 saturated carbocycles. The zero-order valence-electron chi connectivity index (χ0n) is 28.9. The number of amides is 1. The fourth-order valence-corrected chi connectivity index (χ4v) is 6.75. The Balaban J connectivity index is 1.31. The molecule has 2 N–H and O–H groups in total. The number of carbonyl (C=O) groups is 2. The summed E-state index contributed by atoms with van der Waals surface area (Å²) in [6.45, 7) is 6.46. The molecule has 0 bridgehead atoms. The van der Waals surface area contributed by atoms with Crippen LogP contribution in [-0.4, -0.2) is 30.4 Å². The van der Waals surface area contributed by atoms with Crippen LogP contribution in [0, 0.1) is 0 Å². The van der Waals surface area contributed by atoms with Gasteiger partial charge in [0.1, 0.15) is 11.3 Å². The predicted molar refractivity (Wildman–Crippen MR) is 204 cm³/mol. The Morgan fingerprint density at radius 1 is 0.784 bits per heavy atom. The largest absolute Gasteiger partial charge is 0.456 e. The minimum atomic E-state index is -4.16. The van der Waals surface area contributed by atoms with Crippen molar-refractivity contribution in [3.05, 3.63) is 150 Å². The van der Waals surface area contributed by atoms with Crippen LogP contribution in [0.25, 0.3) is 33.4 Å². The van der Waals surface area contributed by atoms with E-state index in [2.05, 4.69) is 38.2 Å². The second kappa shape index (κ2) is 14.9. The molecule has 0 fully saturated rings. The number of nitrogens with one attached hydrogen (secondary N) is 1. The minimum absolute atomic E-state index is 0.0200. The van der Waals surface area contributed by atoms with Crippen molar-refractivity contribution in [1.29, 1.82) is 0 Å². The summed E-state index contributed by atoms with van der Waals surface area (Å²) in [5, 5.41) is 4.16. The van der Waals surface area contributed by atoms with E-state index in [1.807, 2.05) is 109 Å². The maximum Gasteiger partial charge on any atom is 0.264 e. The molecule has 0 aliphatic rings. The normalized spacial score (nSPS) is 12.5. The molecular weight excluding hydrogens is 659 g/mol. The topological polar surface area (TPSA) is 114 Å². The van der Waals surface area contributed by atoms with Gasteiger partial charge in [-0.05, 0) is 88.5 Å². The smallest absolute Gasteiger partial charge is 0.264 e. The first-order chi connectivity index (χ1) is 24.3. The van der Waals surface area contributed by atoms with Crippen LogP contribution in [0.1, 0.15) is 66.6 Å². The first kappa shape index (κ1) is 35.5. The van der Waals surface area contributed by atoms with E-state index >= 15 is 0 Å². The molecule has 8 heteroatoms. The monoisotopic (exact) mass is 699 g/mol. The molecule has 1 amide bonds. The highest BCUT2D eigenvalue weighted by atomic mass is 32.2. The number of Topliss-reactive ketones (excluding diaryl/α,β-unsaturated/α-hetero) is 1. The number of rotatable bonds is 12. The van der Waals surface area contributed by atoms with E-state index < -0.39 is 21.8 Å². The first-order valence-corrected chi connectivity index (χ1v) is 18.6. The molecule has 0 aliphatic heterocycles.